The van der Waals surface area contributed by atoms with E-state index >= 15 is 0 Å². The second-order valence-corrected chi connectivity index (χ2v) is 5.55. The van der Waals surface area contributed by atoms with Crippen molar-refractivity contribution in [3.63, 3.8) is 0 Å². The van der Waals surface area contributed by atoms with Crippen molar-refractivity contribution < 1.29 is 9.53 Å². The van der Waals surface area contributed by atoms with Gasteiger partial charge in [0, 0.05) is 12.1 Å². The van der Waals surface area contributed by atoms with Crippen molar-refractivity contribution in [3.8, 4) is 5.75 Å². The number of hydrogen-bond donors (Lipinski definition) is 2. The molecular weight excluding hydrogens is 300 g/mol. The largest absolute Gasteiger partial charge is 0.491 e. The van der Waals surface area contributed by atoms with Crippen molar-refractivity contribution in [2.45, 2.75) is 6.42 Å². The van der Waals surface area contributed by atoms with E-state index in [1.807, 2.05) is 54.6 Å². The molecular formula is C20H20N2O2. The van der Waals surface area contributed by atoms with E-state index in [2.05, 4.69) is 5.32 Å². The van der Waals surface area contributed by atoms with Crippen LogP contribution in [0.25, 0.3) is 10.8 Å². The standard InChI is InChI=1S/C11H9NO.C9H11NO/c12-11(13)10-6-5-8-3-1-2-4-9(8)7-10;1-2-5-9-8(4-1)10-6-3-7-11-9/h1-7H,(H2,12,13);1-2,4-5,10H,3,6-7H2. The highest BCUT2D eigenvalue weighted by Crippen LogP contribution is 2.25. The highest BCUT2D eigenvalue weighted by Gasteiger charge is 2.05. The number of amides is 1. The maximum atomic E-state index is 10.9. The van der Waals surface area contributed by atoms with Crippen LogP contribution in [0.4, 0.5) is 5.69 Å². The van der Waals surface area contributed by atoms with Crippen LogP contribution in [0, 0.1) is 0 Å². The minimum Gasteiger partial charge on any atom is -0.491 e. The number of carbonyl (C=O) groups is 1. The number of rotatable bonds is 1. The monoisotopic (exact) mass is 320 g/mol. The van der Waals surface area contributed by atoms with Crippen LogP contribution in [0.15, 0.2) is 66.7 Å². The third-order valence-corrected chi connectivity index (χ3v) is 3.82. The van der Waals surface area contributed by atoms with Crippen LogP contribution in [-0.2, 0) is 0 Å². The zero-order chi connectivity index (χ0) is 16.8. The molecule has 3 aromatic carbocycles. The highest BCUT2D eigenvalue weighted by molar-refractivity contribution is 5.97. The molecule has 0 saturated carbocycles. The third kappa shape index (κ3) is 3.84. The zero-order valence-electron chi connectivity index (χ0n) is 13.4. The van der Waals surface area contributed by atoms with E-state index in [1.165, 1.54) is 0 Å². The molecule has 3 aromatic rings. The minimum atomic E-state index is -0.384. The second kappa shape index (κ2) is 7.51. The number of carbonyl (C=O) groups excluding carboxylic acids is 1. The molecule has 0 bridgehead atoms. The van der Waals surface area contributed by atoms with Gasteiger partial charge in [0.05, 0.1) is 12.3 Å². The Labute approximate surface area is 141 Å². The lowest BCUT2D eigenvalue weighted by Crippen LogP contribution is -2.10. The summed E-state index contributed by atoms with van der Waals surface area (Å²) in [5, 5.41) is 5.46. The summed E-state index contributed by atoms with van der Waals surface area (Å²) in [4.78, 5) is 10.9. The molecule has 3 N–H and O–H groups in total. The highest BCUT2D eigenvalue weighted by atomic mass is 16.5. The van der Waals surface area contributed by atoms with E-state index in [1.54, 1.807) is 12.1 Å². The Bertz CT molecular complexity index is 821. The van der Waals surface area contributed by atoms with Gasteiger partial charge in [-0.2, -0.15) is 0 Å². The van der Waals surface area contributed by atoms with Crippen LogP contribution in [0.5, 0.6) is 5.75 Å². The average Bonchev–Trinajstić information content (AvgIpc) is 2.87. The van der Waals surface area contributed by atoms with Gasteiger partial charge in [0.25, 0.3) is 0 Å². The first-order chi connectivity index (χ1) is 11.7. The summed E-state index contributed by atoms with van der Waals surface area (Å²) in [6.45, 7) is 1.83. The number of primary amides is 1. The van der Waals surface area contributed by atoms with Gasteiger partial charge in [-0.15, -0.1) is 0 Å². The molecule has 0 spiro atoms. The first-order valence-corrected chi connectivity index (χ1v) is 7.98. The van der Waals surface area contributed by atoms with Crippen LogP contribution in [0.2, 0.25) is 0 Å². The summed E-state index contributed by atoms with van der Waals surface area (Å²) < 4.78 is 5.49. The topological polar surface area (TPSA) is 64.4 Å². The van der Waals surface area contributed by atoms with Gasteiger partial charge in [0.2, 0.25) is 5.91 Å². The van der Waals surface area contributed by atoms with Crippen molar-refractivity contribution in [1.82, 2.24) is 0 Å². The number of hydrogen-bond acceptors (Lipinski definition) is 3. The van der Waals surface area contributed by atoms with Crippen LogP contribution < -0.4 is 15.8 Å². The number of nitrogens with two attached hydrogens (primary N) is 1. The lowest BCUT2D eigenvalue weighted by atomic mass is 10.1. The molecule has 0 aromatic heterocycles. The van der Waals surface area contributed by atoms with Crippen LogP contribution >= 0.6 is 0 Å². The molecule has 4 heteroatoms. The summed E-state index contributed by atoms with van der Waals surface area (Å²) in [5.41, 5.74) is 6.84. The van der Waals surface area contributed by atoms with E-state index in [9.17, 15) is 4.79 Å². The van der Waals surface area contributed by atoms with Crippen molar-refractivity contribution in [1.29, 1.82) is 0 Å². The number of anilines is 1. The number of nitrogens with one attached hydrogen (secondary N) is 1. The van der Waals surface area contributed by atoms with Crippen LogP contribution in [-0.4, -0.2) is 19.1 Å². The molecule has 122 valence electrons. The van der Waals surface area contributed by atoms with Gasteiger partial charge in [0.15, 0.2) is 0 Å². The van der Waals surface area contributed by atoms with Gasteiger partial charge in [-0.25, -0.2) is 0 Å². The Hall–Kier alpha value is -3.01. The van der Waals surface area contributed by atoms with Crippen molar-refractivity contribution in [2.75, 3.05) is 18.5 Å². The summed E-state index contributed by atoms with van der Waals surface area (Å²) in [6, 6.07) is 21.3. The Morgan fingerprint density at radius 1 is 0.958 bits per heavy atom. The summed E-state index contributed by atoms with van der Waals surface area (Å²) in [7, 11) is 0. The third-order valence-electron chi connectivity index (χ3n) is 3.82. The van der Waals surface area contributed by atoms with Gasteiger partial charge in [-0.05, 0) is 41.5 Å². The normalized spacial score (nSPS) is 12.7. The maximum Gasteiger partial charge on any atom is 0.248 e. The molecule has 4 rings (SSSR count). The van der Waals surface area contributed by atoms with Crippen LogP contribution in [0.1, 0.15) is 16.8 Å². The van der Waals surface area contributed by atoms with Gasteiger partial charge in [-0.1, -0.05) is 42.5 Å². The SMILES string of the molecule is NC(=O)c1ccc2ccccc2c1.c1ccc2c(c1)NCCCO2. The average molecular weight is 320 g/mol. The van der Waals surface area contributed by atoms with Crippen molar-refractivity contribution in [2.24, 2.45) is 5.73 Å². The molecule has 1 aliphatic rings. The van der Waals surface area contributed by atoms with Crippen molar-refractivity contribution in [3.05, 3.63) is 72.3 Å². The van der Waals surface area contributed by atoms with Gasteiger partial charge in [-0.3, -0.25) is 4.79 Å². The van der Waals surface area contributed by atoms with E-state index in [0.717, 1.165) is 41.8 Å². The lowest BCUT2D eigenvalue weighted by molar-refractivity contribution is 0.100. The van der Waals surface area contributed by atoms with E-state index in [4.69, 9.17) is 10.5 Å². The Morgan fingerprint density at radius 3 is 2.54 bits per heavy atom. The lowest BCUT2D eigenvalue weighted by Gasteiger charge is -2.05. The molecule has 1 amide bonds. The Balaban J connectivity index is 0.000000143. The molecule has 1 heterocycles. The fourth-order valence-corrected chi connectivity index (χ4v) is 2.56. The zero-order valence-corrected chi connectivity index (χ0v) is 13.4. The predicted octanol–water partition coefficient (Wildman–Crippen LogP) is 3.82. The number of fused-ring (bicyclic) bond motifs is 2. The van der Waals surface area contributed by atoms with E-state index in [-0.39, 0.29) is 5.91 Å². The molecule has 0 radical (unpaired) electrons. The van der Waals surface area contributed by atoms with E-state index < -0.39 is 0 Å². The molecule has 1 aliphatic heterocycles. The smallest absolute Gasteiger partial charge is 0.248 e. The summed E-state index contributed by atoms with van der Waals surface area (Å²) in [5.74, 6) is 0.593. The minimum absolute atomic E-state index is 0.384. The molecule has 0 unspecified atom stereocenters. The number of para-hydroxylation sites is 2. The molecule has 4 nitrogen and oxygen atoms in total. The molecule has 0 fully saturated rings. The molecule has 0 atom stereocenters. The second-order valence-electron chi connectivity index (χ2n) is 5.55. The molecule has 24 heavy (non-hydrogen) atoms. The predicted molar refractivity (Wildman–Crippen MR) is 97.5 cm³/mol. The number of ether oxygens (including phenoxy) is 1. The van der Waals surface area contributed by atoms with Crippen LogP contribution in [0.3, 0.4) is 0 Å². The van der Waals surface area contributed by atoms with Crippen molar-refractivity contribution >= 4 is 22.4 Å². The van der Waals surface area contributed by atoms with Gasteiger partial charge >= 0.3 is 0 Å². The maximum absolute atomic E-state index is 10.9. The fourth-order valence-electron chi connectivity index (χ4n) is 2.56. The molecule has 0 aliphatic carbocycles. The Morgan fingerprint density at radius 2 is 1.71 bits per heavy atom. The first kappa shape index (κ1) is 15.9. The Kier molecular flexibility index (Phi) is 4.96. The quantitative estimate of drug-likeness (QED) is 0.716. The summed E-state index contributed by atoms with van der Waals surface area (Å²) >= 11 is 0. The first-order valence-electron chi connectivity index (χ1n) is 7.98. The van der Waals surface area contributed by atoms with Gasteiger partial charge in [0.1, 0.15) is 5.75 Å². The van der Waals surface area contributed by atoms with E-state index in [0.29, 0.717) is 5.56 Å². The van der Waals surface area contributed by atoms with Gasteiger partial charge < -0.3 is 15.8 Å². The fraction of sp³-hybridized carbons (Fsp3) is 0.150. The number of benzene rings is 3. The summed E-state index contributed by atoms with van der Waals surface area (Å²) in [6.07, 6.45) is 1.08. The molecule has 0 saturated heterocycles.